The minimum Gasteiger partial charge on any atom is -0.468 e. The topological polar surface area (TPSA) is 51.0 Å². The summed E-state index contributed by atoms with van der Waals surface area (Å²) >= 11 is 1.54. The van der Waals surface area contributed by atoms with Crippen molar-refractivity contribution in [3.8, 4) is 0 Å². The fourth-order valence-corrected chi connectivity index (χ4v) is 1.60. The maximum atomic E-state index is 5.21. The van der Waals surface area contributed by atoms with Gasteiger partial charge < -0.3 is 9.73 Å². The summed E-state index contributed by atoms with van der Waals surface area (Å²) in [5, 5.41) is 4.06. The van der Waals surface area contributed by atoms with E-state index >= 15 is 0 Å². The zero-order valence-electron chi connectivity index (χ0n) is 9.01. The molecule has 5 heteroatoms. The van der Waals surface area contributed by atoms with Crippen molar-refractivity contribution in [1.29, 1.82) is 0 Å². The van der Waals surface area contributed by atoms with Gasteiger partial charge in [-0.05, 0) is 18.4 Å². The number of aromatic nitrogens is 2. The van der Waals surface area contributed by atoms with Crippen LogP contribution in [0.2, 0.25) is 0 Å². The number of furan rings is 1. The lowest BCUT2D eigenvalue weighted by Gasteiger charge is -2.02. The zero-order valence-corrected chi connectivity index (χ0v) is 9.83. The molecule has 0 aliphatic rings. The van der Waals surface area contributed by atoms with Crippen LogP contribution in [0.5, 0.6) is 0 Å². The lowest BCUT2D eigenvalue weighted by atomic mass is 10.3. The highest BCUT2D eigenvalue weighted by Gasteiger charge is 1.98. The Labute approximate surface area is 98.5 Å². The molecule has 2 aromatic rings. The summed E-state index contributed by atoms with van der Waals surface area (Å²) in [7, 11) is 0. The van der Waals surface area contributed by atoms with Crippen LogP contribution < -0.4 is 5.32 Å². The Kier molecular flexibility index (Phi) is 3.96. The van der Waals surface area contributed by atoms with Gasteiger partial charge in [-0.1, -0.05) is 11.8 Å². The molecule has 0 amide bonds. The molecule has 0 aliphatic heterocycles. The third-order valence-electron chi connectivity index (χ3n) is 2.07. The molecule has 0 saturated carbocycles. The van der Waals surface area contributed by atoms with Crippen molar-refractivity contribution >= 4 is 11.8 Å². The van der Waals surface area contributed by atoms with Crippen LogP contribution in [0.3, 0.4) is 0 Å². The van der Waals surface area contributed by atoms with Crippen LogP contribution in [0, 0.1) is 0 Å². The second kappa shape index (κ2) is 5.67. The molecule has 0 fully saturated rings. The third-order valence-corrected chi connectivity index (χ3v) is 2.65. The summed E-state index contributed by atoms with van der Waals surface area (Å²) < 4.78 is 5.21. The van der Waals surface area contributed by atoms with Crippen LogP contribution in [-0.4, -0.2) is 16.2 Å². The van der Waals surface area contributed by atoms with Gasteiger partial charge >= 0.3 is 0 Å². The number of nitrogens with zero attached hydrogens (tertiary/aromatic N) is 2. The maximum absolute atomic E-state index is 5.21. The first-order chi connectivity index (χ1) is 7.88. The van der Waals surface area contributed by atoms with E-state index in [9.17, 15) is 0 Å². The van der Waals surface area contributed by atoms with Gasteiger partial charge in [-0.2, -0.15) is 0 Å². The first kappa shape index (κ1) is 11.2. The number of hydrogen-bond donors (Lipinski definition) is 1. The Morgan fingerprint density at radius 2 is 2.12 bits per heavy atom. The maximum Gasteiger partial charge on any atom is 0.187 e. The summed E-state index contributed by atoms with van der Waals surface area (Å²) in [6, 6.07) is 3.83. The van der Waals surface area contributed by atoms with Crippen molar-refractivity contribution in [2.45, 2.75) is 18.2 Å². The SMILES string of the molecule is CSc1ncc(CNCc2ccco2)cn1. The lowest BCUT2D eigenvalue weighted by molar-refractivity contribution is 0.482. The van der Waals surface area contributed by atoms with E-state index in [1.165, 1.54) is 0 Å². The highest BCUT2D eigenvalue weighted by molar-refractivity contribution is 7.98. The van der Waals surface area contributed by atoms with Gasteiger partial charge in [0.15, 0.2) is 5.16 Å². The van der Waals surface area contributed by atoms with Gasteiger partial charge in [-0.3, -0.25) is 0 Å². The van der Waals surface area contributed by atoms with Gasteiger partial charge in [0.2, 0.25) is 0 Å². The van der Waals surface area contributed by atoms with Crippen LogP contribution in [-0.2, 0) is 13.1 Å². The average Bonchev–Trinajstić information content (AvgIpc) is 2.83. The second-order valence-corrected chi connectivity index (χ2v) is 4.03. The fourth-order valence-electron chi connectivity index (χ4n) is 1.28. The molecule has 84 valence electrons. The smallest absolute Gasteiger partial charge is 0.187 e. The Morgan fingerprint density at radius 3 is 2.75 bits per heavy atom. The molecule has 0 saturated heterocycles. The van der Waals surface area contributed by atoms with E-state index < -0.39 is 0 Å². The molecule has 16 heavy (non-hydrogen) atoms. The number of rotatable bonds is 5. The van der Waals surface area contributed by atoms with Crippen molar-refractivity contribution in [3.63, 3.8) is 0 Å². The standard InChI is InChI=1S/C11H13N3OS/c1-16-11-13-6-9(7-14-11)5-12-8-10-3-2-4-15-10/h2-4,6-7,12H,5,8H2,1H3. The quantitative estimate of drug-likeness (QED) is 0.635. The van der Waals surface area contributed by atoms with E-state index in [1.807, 2.05) is 30.8 Å². The largest absolute Gasteiger partial charge is 0.468 e. The summed E-state index contributed by atoms with van der Waals surface area (Å²) in [5.41, 5.74) is 1.07. The first-order valence-electron chi connectivity index (χ1n) is 4.96. The van der Waals surface area contributed by atoms with Gasteiger partial charge in [-0.25, -0.2) is 9.97 Å². The molecular weight excluding hydrogens is 222 g/mol. The summed E-state index contributed by atoms with van der Waals surface area (Å²) in [5.74, 6) is 0.932. The normalized spacial score (nSPS) is 10.6. The molecule has 0 spiro atoms. The number of nitrogens with one attached hydrogen (secondary N) is 1. The minimum absolute atomic E-state index is 0.720. The van der Waals surface area contributed by atoms with E-state index in [0.717, 1.165) is 29.6 Å². The van der Waals surface area contributed by atoms with Crippen molar-refractivity contribution in [2.75, 3.05) is 6.26 Å². The molecule has 0 bridgehead atoms. The van der Waals surface area contributed by atoms with Crippen molar-refractivity contribution in [1.82, 2.24) is 15.3 Å². The first-order valence-corrected chi connectivity index (χ1v) is 6.19. The summed E-state index contributed by atoms with van der Waals surface area (Å²) in [6.07, 6.45) is 7.32. The molecule has 0 atom stereocenters. The Hall–Kier alpha value is -1.33. The second-order valence-electron chi connectivity index (χ2n) is 3.26. The molecule has 0 radical (unpaired) electrons. The highest BCUT2D eigenvalue weighted by Crippen LogP contribution is 2.07. The molecule has 2 heterocycles. The van der Waals surface area contributed by atoms with Gasteiger partial charge in [0, 0.05) is 24.5 Å². The van der Waals surface area contributed by atoms with Gasteiger partial charge in [0.25, 0.3) is 0 Å². The van der Waals surface area contributed by atoms with Crippen molar-refractivity contribution in [3.05, 3.63) is 42.1 Å². The average molecular weight is 235 g/mol. The van der Waals surface area contributed by atoms with Crippen LogP contribution in [0.4, 0.5) is 0 Å². The van der Waals surface area contributed by atoms with Gasteiger partial charge in [0.05, 0.1) is 12.8 Å². The number of hydrogen-bond acceptors (Lipinski definition) is 5. The molecule has 2 aromatic heterocycles. The van der Waals surface area contributed by atoms with Crippen LogP contribution in [0.1, 0.15) is 11.3 Å². The summed E-state index contributed by atoms with van der Waals surface area (Å²) in [4.78, 5) is 8.40. The molecule has 0 aromatic carbocycles. The van der Waals surface area contributed by atoms with E-state index in [-0.39, 0.29) is 0 Å². The van der Waals surface area contributed by atoms with E-state index in [1.54, 1.807) is 18.0 Å². The van der Waals surface area contributed by atoms with Crippen molar-refractivity contribution < 1.29 is 4.42 Å². The van der Waals surface area contributed by atoms with Crippen molar-refractivity contribution in [2.24, 2.45) is 0 Å². The molecule has 2 rings (SSSR count). The Morgan fingerprint density at radius 1 is 1.31 bits per heavy atom. The highest BCUT2D eigenvalue weighted by atomic mass is 32.2. The third kappa shape index (κ3) is 3.08. The van der Waals surface area contributed by atoms with E-state index in [0.29, 0.717) is 0 Å². The van der Waals surface area contributed by atoms with Gasteiger partial charge in [0.1, 0.15) is 5.76 Å². The molecule has 0 aliphatic carbocycles. The lowest BCUT2D eigenvalue weighted by Crippen LogP contribution is -2.12. The monoisotopic (exact) mass is 235 g/mol. The number of thioether (sulfide) groups is 1. The van der Waals surface area contributed by atoms with Crippen LogP contribution in [0.25, 0.3) is 0 Å². The molecule has 4 nitrogen and oxygen atoms in total. The Balaban J connectivity index is 1.81. The van der Waals surface area contributed by atoms with E-state index in [4.69, 9.17) is 4.42 Å². The molecule has 1 N–H and O–H groups in total. The predicted octanol–water partition coefficient (Wildman–Crippen LogP) is 2.08. The predicted molar refractivity (Wildman–Crippen MR) is 63.1 cm³/mol. The molecular formula is C11H13N3OS. The van der Waals surface area contributed by atoms with Crippen LogP contribution in [0.15, 0.2) is 40.4 Å². The van der Waals surface area contributed by atoms with Crippen LogP contribution >= 0.6 is 11.8 Å². The van der Waals surface area contributed by atoms with Gasteiger partial charge in [-0.15, -0.1) is 0 Å². The zero-order chi connectivity index (χ0) is 11.2. The minimum atomic E-state index is 0.720. The van der Waals surface area contributed by atoms with E-state index in [2.05, 4.69) is 15.3 Å². The summed E-state index contributed by atoms with van der Waals surface area (Å²) in [6.45, 7) is 1.46. The molecule has 0 unspecified atom stereocenters. The fraction of sp³-hybridized carbons (Fsp3) is 0.273. The Bertz CT molecular complexity index is 413.